The zero-order chi connectivity index (χ0) is 12.8. The van der Waals surface area contributed by atoms with Crippen LogP contribution in [0.1, 0.15) is 31.2 Å². The maximum Gasteiger partial charge on any atom is 0.317 e. The average Bonchev–Trinajstić information content (AvgIpc) is 2.90. The van der Waals surface area contributed by atoms with E-state index in [1.165, 1.54) is 0 Å². The summed E-state index contributed by atoms with van der Waals surface area (Å²) in [6.07, 6.45) is 3.91. The fourth-order valence-corrected chi connectivity index (χ4v) is 3.06. The second-order valence-electron chi connectivity index (χ2n) is 4.65. The second kappa shape index (κ2) is 6.75. The monoisotopic (exact) mass is 268 g/mol. The van der Waals surface area contributed by atoms with Gasteiger partial charge in [-0.05, 0) is 48.1 Å². The first-order valence-corrected chi connectivity index (χ1v) is 7.42. The Morgan fingerprint density at radius 1 is 1.56 bits per heavy atom. The Balaban J connectivity index is 1.85. The van der Waals surface area contributed by atoms with E-state index in [0.717, 1.165) is 31.4 Å². The van der Waals surface area contributed by atoms with Crippen molar-refractivity contribution in [3.8, 4) is 0 Å². The van der Waals surface area contributed by atoms with Crippen molar-refractivity contribution >= 4 is 17.4 Å². The summed E-state index contributed by atoms with van der Waals surface area (Å²) in [4.78, 5) is 14.0. The standard InChI is InChI=1S/C13H20N2O2S/c16-7-4-12-3-1-2-6-15(12)13(17)14-9-11-5-8-18-10-11/h5,8,10,12,16H,1-4,6-7,9H2,(H,14,17). The van der Waals surface area contributed by atoms with E-state index >= 15 is 0 Å². The van der Waals surface area contributed by atoms with Gasteiger partial charge in [-0.1, -0.05) is 0 Å². The van der Waals surface area contributed by atoms with Crippen molar-refractivity contribution in [1.82, 2.24) is 10.2 Å². The Morgan fingerprint density at radius 3 is 3.17 bits per heavy atom. The number of aliphatic hydroxyl groups excluding tert-OH is 1. The highest BCUT2D eigenvalue weighted by atomic mass is 32.1. The van der Waals surface area contributed by atoms with Crippen molar-refractivity contribution in [2.45, 2.75) is 38.3 Å². The van der Waals surface area contributed by atoms with Crippen LogP contribution in [0.5, 0.6) is 0 Å². The predicted molar refractivity (Wildman–Crippen MR) is 72.6 cm³/mol. The van der Waals surface area contributed by atoms with Gasteiger partial charge in [-0.3, -0.25) is 0 Å². The van der Waals surface area contributed by atoms with E-state index in [1.807, 2.05) is 21.7 Å². The number of nitrogens with one attached hydrogen (secondary N) is 1. The number of thiophene rings is 1. The van der Waals surface area contributed by atoms with E-state index < -0.39 is 0 Å². The SMILES string of the molecule is O=C(NCc1ccsc1)N1CCCCC1CCO. The first-order chi connectivity index (χ1) is 8.81. The number of likely N-dealkylation sites (tertiary alicyclic amines) is 1. The van der Waals surface area contributed by atoms with Gasteiger partial charge in [0.2, 0.25) is 0 Å². The van der Waals surface area contributed by atoms with Crippen LogP contribution in [0.3, 0.4) is 0 Å². The van der Waals surface area contributed by atoms with Crippen molar-refractivity contribution in [2.75, 3.05) is 13.2 Å². The number of piperidine rings is 1. The van der Waals surface area contributed by atoms with Gasteiger partial charge in [-0.15, -0.1) is 0 Å². The lowest BCUT2D eigenvalue weighted by atomic mass is 10.0. The molecular weight excluding hydrogens is 248 g/mol. The van der Waals surface area contributed by atoms with Crippen LogP contribution >= 0.6 is 11.3 Å². The lowest BCUT2D eigenvalue weighted by molar-refractivity contribution is 0.131. The van der Waals surface area contributed by atoms with Crippen molar-refractivity contribution in [1.29, 1.82) is 0 Å². The minimum Gasteiger partial charge on any atom is -0.396 e. The number of rotatable bonds is 4. The van der Waals surface area contributed by atoms with E-state index in [9.17, 15) is 4.79 Å². The zero-order valence-corrected chi connectivity index (χ0v) is 11.3. The normalized spacial score (nSPS) is 19.8. The molecule has 0 spiro atoms. The third-order valence-corrected chi connectivity index (χ3v) is 4.11. The Labute approximate surface area is 112 Å². The number of hydrogen-bond donors (Lipinski definition) is 2. The van der Waals surface area contributed by atoms with Crippen LogP contribution in [-0.2, 0) is 6.54 Å². The molecule has 0 aliphatic carbocycles. The largest absolute Gasteiger partial charge is 0.396 e. The highest BCUT2D eigenvalue weighted by Crippen LogP contribution is 2.19. The first-order valence-electron chi connectivity index (χ1n) is 6.47. The van der Waals surface area contributed by atoms with E-state index in [2.05, 4.69) is 5.32 Å². The third-order valence-electron chi connectivity index (χ3n) is 3.37. The number of amides is 2. The van der Waals surface area contributed by atoms with E-state index in [-0.39, 0.29) is 18.7 Å². The number of nitrogens with zero attached hydrogens (tertiary/aromatic N) is 1. The summed E-state index contributed by atoms with van der Waals surface area (Å²) in [5, 5.41) is 16.1. The second-order valence-corrected chi connectivity index (χ2v) is 5.43. The van der Waals surface area contributed by atoms with Gasteiger partial charge in [-0.25, -0.2) is 4.79 Å². The van der Waals surface area contributed by atoms with Crippen molar-refractivity contribution < 1.29 is 9.90 Å². The lowest BCUT2D eigenvalue weighted by Gasteiger charge is -2.35. The van der Waals surface area contributed by atoms with Crippen LogP contribution in [0.15, 0.2) is 16.8 Å². The summed E-state index contributed by atoms with van der Waals surface area (Å²) in [5.74, 6) is 0. The third kappa shape index (κ3) is 3.46. The number of urea groups is 1. The molecular formula is C13H20N2O2S. The summed E-state index contributed by atoms with van der Waals surface area (Å²) >= 11 is 1.64. The molecule has 2 heterocycles. The highest BCUT2D eigenvalue weighted by molar-refractivity contribution is 7.07. The van der Waals surface area contributed by atoms with E-state index in [1.54, 1.807) is 11.3 Å². The van der Waals surface area contributed by atoms with Gasteiger partial charge < -0.3 is 15.3 Å². The number of carbonyl (C=O) groups excluding carboxylic acids is 1. The fourth-order valence-electron chi connectivity index (χ4n) is 2.39. The Bertz CT molecular complexity index is 365. The van der Waals surface area contributed by atoms with Crippen molar-refractivity contribution in [3.05, 3.63) is 22.4 Å². The Kier molecular flexibility index (Phi) is 5.01. The molecule has 18 heavy (non-hydrogen) atoms. The molecule has 1 aliphatic rings. The van der Waals surface area contributed by atoms with Gasteiger partial charge in [0.15, 0.2) is 0 Å². The van der Waals surface area contributed by atoms with Crippen molar-refractivity contribution in [2.24, 2.45) is 0 Å². The zero-order valence-electron chi connectivity index (χ0n) is 10.5. The van der Waals surface area contributed by atoms with Crippen molar-refractivity contribution in [3.63, 3.8) is 0 Å². The summed E-state index contributed by atoms with van der Waals surface area (Å²) in [7, 11) is 0. The number of aliphatic hydroxyl groups is 1. The molecule has 2 N–H and O–H groups in total. The molecule has 4 nitrogen and oxygen atoms in total. The molecule has 1 saturated heterocycles. The quantitative estimate of drug-likeness (QED) is 0.879. The Morgan fingerprint density at radius 2 is 2.44 bits per heavy atom. The van der Waals surface area contributed by atoms with Gasteiger partial charge in [0, 0.05) is 25.7 Å². The summed E-state index contributed by atoms with van der Waals surface area (Å²) in [6.45, 7) is 1.55. The summed E-state index contributed by atoms with van der Waals surface area (Å²) in [6, 6.07) is 2.22. The minimum absolute atomic E-state index is 0.000602. The Hall–Kier alpha value is -1.07. The molecule has 5 heteroatoms. The molecule has 1 aromatic heterocycles. The maximum atomic E-state index is 12.1. The van der Waals surface area contributed by atoms with Crippen LogP contribution in [0, 0.1) is 0 Å². The molecule has 0 saturated carbocycles. The topological polar surface area (TPSA) is 52.6 Å². The highest BCUT2D eigenvalue weighted by Gasteiger charge is 2.25. The summed E-state index contributed by atoms with van der Waals surface area (Å²) < 4.78 is 0. The van der Waals surface area contributed by atoms with Crippen LogP contribution in [0.2, 0.25) is 0 Å². The first kappa shape index (κ1) is 13.4. The van der Waals surface area contributed by atoms with Crippen LogP contribution in [0.4, 0.5) is 4.79 Å². The number of hydrogen-bond acceptors (Lipinski definition) is 3. The van der Waals surface area contributed by atoms with Crippen LogP contribution in [0.25, 0.3) is 0 Å². The van der Waals surface area contributed by atoms with E-state index in [0.29, 0.717) is 13.0 Å². The molecule has 0 aromatic carbocycles. The average molecular weight is 268 g/mol. The van der Waals surface area contributed by atoms with Gasteiger partial charge in [-0.2, -0.15) is 11.3 Å². The molecule has 100 valence electrons. The van der Waals surface area contributed by atoms with Gasteiger partial charge >= 0.3 is 6.03 Å². The predicted octanol–water partition coefficient (Wildman–Crippen LogP) is 2.19. The summed E-state index contributed by atoms with van der Waals surface area (Å²) in [5.41, 5.74) is 1.14. The maximum absolute atomic E-state index is 12.1. The fraction of sp³-hybridized carbons (Fsp3) is 0.615. The molecule has 1 unspecified atom stereocenters. The molecule has 1 aliphatic heterocycles. The molecule has 0 radical (unpaired) electrons. The van der Waals surface area contributed by atoms with E-state index in [4.69, 9.17) is 5.11 Å². The minimum atomic E-state index is -0.000602. The molecule has 1 aromatic rings. The van der Waals surface area contributed by atoms with Gasteiger partial charge in [0.1, 0.15) is 0 Å². The molecule has 1 atom stereocenters. The van der Waals surface area contributed by atoms with Gasteiger partial charge in [0.05, 0.1) is 0 Å². The molecule has 0 bridgehead atoms. The van der Waals surface area contributed by atoms with Gasteiger partial charge in [0.25, 0.3) is 0 Å². The van der Waals surface area contributed by atoms with Crippen LogP contribution in [-0.4, -0.2) is 35.2 Å². The smallest absolute Gasteiger partial charge is 0.317 e. The lowest BCUT2D eigenvalue weighted by Crippen LogP contribution is -2.48. The molecule has 2 amide bonds. The molecule has 1 fully saturated rings. The molecule has 2 rings (SSSR count). The number of carbonyl (C=O) groups is 1. The van der Waals surface area contributed by atoms with Crippen LogP contribution < -0.4 is 5.32 Å².